The molecule has 2 aromatic rings. The number of hydrogen-bond acceptors (Lipinski definition) is 5. The molecule has 3 N–H and O–H groups in total. The molecule has 144 valence electrons. The third-order valence-corrected chi connectivity index (χ3v) is 6.03. The van der Waals surface area contributed by atoms with Crippen molar-refractivity contribution < 1.29 is 4.79 Å². The van der Waals surface area contributed by atoms with Crippen molar-refractivity contribution >= 4 is 29.2 Å². The van der Waals surface area contributed by atoms with Gasteiger partial charge in [-0.15, -0.1) is 11.8 Å². The Hall–Kier alpha value is -2.48. The van der Waals surface area contributed by atoms with Crippen molar-refractivity contribution in [1.82, 2.24) is 9.55 Å². The molecule has 1 atom stereocenters. The Morgan fingerprint density at radius 2 is 2.07 bits per heavy atom. The molecule has 1 unspecified atom stereocenters. The first-order valence-electron chi connectivity index (χ1n) is 9.16. The number of hydrogen-bond donors (Lipinski definition) is 2. The Morgan fingerprint density at radius 3 is 2.74 bits per heavy atom. The van der Waals surface area contributed by atoms with Gasteiger partial charge in [-0.05, 0) is 31.4 Å². The number of nitrogens with zero attached hydrogens (tertiary/aromatic N) is 2. The monoisotopic (exact) mass is 388 g/mol. The standard InChI is InChI=1S/C19H24N4O3S/c1-3-5-10-23-16(20)15(17(24)21-19(23)26)22(4-2)18(25)14-11-12-8-6-7-9-13(12)27-14/h6-9,14H,3-5,10-11,20H2,1-2H3,(H,21,24,26). The Kier molecular flexibility index (Phi) is 5.74. The van der Waals surface area contributed by atoms with Gasteiger partial charge in [-0.3, -0.25) is 19.1 Å². The summed E-state index contributed by atoms with van der Waals surface area (Å²) in [5, 5.41) is -0.308. The second-order valence-electron chi connectivity index (χ2n) is 6.50. The average Bonchev–Trinajstić information content (AvgIpc) is 3.08. The van der Waals surface area contributed by atoms with Crippen LogP contribution < -0.4 is 21.9 Å². The number of thioether (sulfide) groups is 1. The number of aromatic nitrogens is 2. The second kappa shape index (κ2) is 8.04. The zero-order valence-electron chi connectivity index (χ0n) is 15.5. The molecule has 1 aromatic carbocycles. The van der Waals surface area contributed by atoms with Crippen molar-refractivity contribution in [2.75, 3.05) is 17.2 Å². The Morgan fingerprint density at radius 1 is 1.33 bits per heavy atom. The zero-order valence-corrected chi connectivity index (χ0v) is 16.3. The number of fused-ring (bicyclic) bond motifs is 1. The number of benzene rings is 1. The minimum absolute atomic E-state index is 0.0490. The quantitative estimate of drug-likeness (QED) is 0.788. The molecule has 3 rings (SSSR count). The van der Waals surface area contributed by atoms with Gasteiger partial charge in [0.05, 0.1) is 5.25 Å². The maximum absolute atomic E-state index is 13.2. The van der Waals surface area contributed by atoms with E-state index in [2.05, 4.69) is 4.98 Å². The summed E-state index contributed by atoms with van der Waals surface area (Å²) in [6.07, 6.45) is 2.25. The third-order valence-electron chi connectivity index (χ3n) is 4.72. The fourth-order valence-electron chi connectivity index (χ4n) is 3.29. The van der Waals surface area contributed by atoms with Crippen LogP contribution in [0.15, 0.2) is 38.8 Å². The number of H-pyrrole nitrogens is 1. The van der Waals surface area contributed by atoms with Crippen LogP contribution in [0.3, 0.4) is 0 Å². The van der Waals surface area contributed by atoms with Crippen LogP contribution in [-0.2, 0) is 17.8 Å². The normalized spacial score (nSPS) is 15.6. The van der Waals surface area contributed by atoms with Gasteiger partial charge >= 0.3 is 5.69 Å². The number of nitrogens with one attached hydrogen (secondary N) is 1. The van der Waals surface area contributed by atoms with Gasteiger partial charge in [0.2, 0.25) is 5.91 Å². The highest BCUT2D eigenvalue weighted by atomic mass is 32.2. The fourth-order valence-corrected chi connectivity index (χ4v) is 4.55. The van der Waals surface area contributed by atoms with Crippen LogP contribution in [0.5, 0.6) is 0 Å². The lowest BCUT2D eigenvalue weighted by Crippen LogP contribution is -2.44. The molecule has 7 nitrogen and oxygen atoms in total. The molecule has 1 aliphatic heterocycles. The summed E-state index contributed by atoms with van der Waals surface area (Å²) in [5.74, 6) is -0.121. The molecule has 0 saturated carbocycles. The molecule has 1 amide bonds. The van der Waals surface area contributed by atoms with Crippen molar-refractivity contribution in [1.29, 1.82) is 0 Å². The highest BCUT2D eigenvalue weighted by Gasteiger charge is 2.33. The van der Waals surface area contributed by atoms with E-state index in [1.54, 1.807) is 6.92 Å². The molecule has 1 aliphatic rings. The van der Waals surface area contributed by atoms with E-state index in [0.29, 0.717) is 19.5 Å². The number of carbonyl (C=O) groups excluding carboxylic acids is 1. The van der Waals surface area contributed by atoms with Gasteiger partial charge in [0, 0.05) is 18.0 Å². The van der Waals surface area contributed by atoms with Gasteiger partial charge < -0.3 is 10.6 Å². The van der Waals surface area contributed by atoms with E-state index in [1.165, 1.54) is 21.2 Å². The predicted octanol–water partition coefficient (Wildman–Crippen LogP) is 1.99. The molecule has 2 heterocycles. The highest BCUT2D eigenvalue weighted by Crippen LogP contribution is 2.38. The number of aromatic amines is 1. The van der Waals surface area contributed by atoms with Gasteiger partial charge in [-0.25, -0.2) is 4.79 Å². The summed E-state index contributed by atoms with van der Waals surface area (Å²) in [6, 6.07) is 7.91. The lowest BCUT2D eigenvalue weighted by molar-refractivity contribution is -0.118. The third kappa shape index (κ3) is 3.66. The Balaban J connectivity index is 1.95. The van der Waals surface area contributed by atoms with Crippen LogP contribution in [-0.4, -0.2) is 27.3 Å². The molecule has 0 fully saturated rings. The number of amides is 1. The summed E-state index contributed by atoms with van der Waals surface area (Å²) in [6.45, 7) is 4.50. The Labute approximate surface area is 161 Å². The van der Waals surface area contributed by atoms with Gasteiger partial charge in [0.1, 0.15) is 5.82 Å². The predicted molar refractivity (Wildman–Crippen MR) is 108 cm³/mol. The van der Waals surface area contributed by atoms with Crippen LogP contribution >= 0.6 is 11.8 Å². The number of carbonyl (C=O) groups is 1. The van der Waals surface area contributed by atoms with Crippen LogP contribution in [0, 0.1) is 0 Å². The van der Waals surface area contributed by atoms with Gasteiger partial charge in [-0.1, -0.05) is 31.5 Å². The molecular formula is C19H24N4O3S. The van der Waals surface area contributed by atoms with E-state index in [-0.39, 0.29) is 22.7 Å². The average molecular weight is 388 g/mol. The molecule has 1 aromatic heterocycles. The molecule has 0 spiro atoms. The molecule has 8 heteroatoms. The van der Waals surface area contributed by atoms with Crippen LogP contribution in [0.4, 0.5) is 11.5 Å². The SMILES string of the molecule is CCCCn1c(N)c(N(CC)C(=O)C2Cc3ccccc3S2)c(=O)[nH]c1=O. The lowest BCUT2D eigenvalue weighted by Gasteiger charge is -2.25. The molecule has 27 heavy (non-hydrogen) atoms. The summed E-state index contributed by atoms with van der Waals surface area (Å²) in [5.41, 5.74) is 6.20. The largest absolute Gasteiger partial charge is 0.383 e. The summed E-state index contributed by atoms with van der Waals surface area (Å²) < 4.78 is 1.34. The van der Waals surface area contributed by atoms with E-state index in [9.17, 15) is 14.4 Å². The number of rotatable bonds is 6. The molecule has 0 aliphatic carbocycles. The van der Waals surface area contributed by atoms with E-state index in [1.807, 2.05) is 31.2 Å². The van der Waals surface area contributed by atoms with Crippen LogP contribution in [0.2, 0.25) is 0 Å². The Bertz CT molecular complexity index is 941. The number of unbranched alkanes of at least 4 members (excludes halogenated alkanes) is 1. The highest BCUT2D eigenvalue weighted by molar-refractivity contribution is 8.01. The van der Waals surface area contributed by atoms with E-state index in [4.69, 9.17) is 5.73 Å². The van der Waals surface area contributed by atoms with Crippen LogP contribution in [0.1, 0.15) is 32.3 Å². The topological polar surface area (TPSA) is 101 Å². The molecule has 0 saturated heterocycles. The molecule has 0 bridgehead atoms. The lowest BCUT2D eigenvalue weighted by atomic mass is 10.1. The van der Waals surface area contributed by atoms with Crippen molar-refractivity contribution in [3.63, 3.8) is 0 Å². The van der Waals surface area contributed by atoms with Crippen molar-refractivity contribution in [3.8, 4) is 0 Å². The number of nitrogen functional groups attached to an aromatic ring is 1. The molecular weight excluding hydrogens is 364 g/mol. The van der Waals surface area contributed by atoms with Gasteiger partial charge in [0.15, 0.2) is 5.69 Å². The number of nitrogens with two attached hydrogens (primary N) is 1. The first-order chi connectivity index (χ1) is 13.0. The van der Waals surface area contributed by atoms with Gasteiger partial charge in [-0.2, -0.15) is 0 Å². The smallest absolute Gasteiger partial charge is 0.330 e. The summed E-state index contributed by atoms with van der Waals surface area (Å²) in [4.78, 5) is 42.6. The van der Waals surface area contributed by atoms with Crippen molar-refractivity contribution in [2.45, 2.75) is 49.8 Å². The summed E-state index contributed by atoms with van der Waals surface area (Å²) >= 11 is 1.50. The van der Waals surface area contributed by atoms with E-state index >= 15 is 0 Å². The van der Waals surface area contributed by atoms with E-state index < -0.39 is 11.2 Å². The van der Waals surface area contributed by atoms with Crippen LogP contribution in [0.25, 0.3) is 0 Å². The molecule has 0 radical (unpaired) electrons. The maximum Gasteiger partial charge on any atom is 0.330 e. The van der Waals surface area contributed by atoms with Crippen molar-refractivity contribution in [2.24, 2.45) is 0 Å². The summed E-state index contributed by atoms with van der Waals surface area (Å²) in [7, 11) is 0. The minimum atomic E-state index is -0.624. The first kappa shape index (κ1) is 19.3. The second-order valence-corrected chi connectivity index (χ2v) is 7.74. The first-order valence-corrected chi connectivity index (χ1v) is 10.0. The van der Waals surface area contributed by atoms with Gasteiger partial charge in [0.25, 0.3) is 5.56 Å². The fraction of sp³-hybridized carbons (Fsp3) is 0.421. The van der Waals surface area contributed by atoms with E-state index in [0.717, 1.165) is 23.3 Å². The zero-order chi connectivity index (χ0) is 19.6. The maximum atomic E-state index is 13.2. The van der Waals surface area contributed by atoms with Crippen molar-refractivity contribution in [3.05, 3.63) is 50.7 Å². The number of anilines is 2. The minimum Gasteiger partial charge on any atom is -0.383 e.